The molecule has 2 heterocycles. The summed E-state index contributed by atoms with van der Waals surface area (Å²) in [6.45, 7) is 4.28. The van der Waals surface area contributed by atoms with Crippen LogP contribution in [0.5, 0.6) is 0 Å². The first-order chi connectivity index (χ1) is 15.6. The molecule has 2 aromatic heterocycles. The Bertz CT molecular complexity index is 1290. The van der Waals surface area contributed by atoms with Gasteiger partial charge in [-0.15, -0.1) is 11.3 Å². The third-order valence-electron chi connectivity index (χ3n) is 4.62. The number of primary amides is 1. The number of carbonyl (C=O) groups excluding carboxylic acids is 4. The molecule has 0 aliphatic heterocycles. The molecule has 1 aromatic carbocycles. The van der Waals surface area contributed by atoms with Crippen LogP contribution in [0, 0.1) is 13.8 Å². The summed E-state index contributed by atoms with van der Waals surface area (Å²) in [5, 5.41) is 3.71. The zero-order chi connectivity index (χ0) is 24.3. The van der Waals surface area contributed by atoms with Gasteiger partial charge in [-0.1, -0.05) is 11.6 Å². The third kappa shape index (κ3) is 5.29. The van der Waals surface area contributed by atoms with Crippen molar-refractivity contribution in [1.29, 1.82) is 0 Å². The number of aryl methyl sites for hydroxylation is 1. The van der Waals surface area contributed by atoms with E-state index in [-0.39, 0.29) is 27.6 Å². The summed E-state index contributed by atoms with van der Waals surface area (Å²) in [7, 11) is 0. The molecule has 9 nitrogen and oxygen atoms in total. The van der Waals surface area contributed by atoms with Crippen molar-refractivity contribution in [2.45, 2.75) is 20.8 Å². The standard InChI is InChI=1S/C22H20ClN3O6S/c1-4-31-22(30)17-10(2)18(19(24)28)33-20(17)26-16(27)9-32-21(29)14-8-12-7-13(23)5-6-15(12)25-11(14)3/h5-8H,4,9H2,1-3H3,(H2,24,28)(H,26,27). The van der Waals surface area contributed by atoms with Crippen LogP contribution < -0.4 is 11.1 Å². The van der Waals surface area contributed by atoms with Gasteiger partial charge in [0, 0.05) is 10.4 Å². The summed E-state index contributed by atoms with van der Waals surface area (Å²) < 4.78 is 10.1. The molecule has 0 radical (unpaired) electrons. The number of halogens is 1. The summed E-state index contributed by atoms with van der Waals surface area (Å²) >= 11 is 6.84. The minimum absolute atomic E-state index is 0.0294. The van der Waals surface area contributed by atoms with E-state index in [1.54, 1.807) is 38.1 Å². The Morgan fingerprint density at radius 1 is 1.12 bits per heavy atom. The molecule has 0 fully saturated rings. The minimum Gasteiger partial charge on any atom is -0.462 e. The number of hydrogen-bond acceptors (Lipinski definition) is 8. The molecule has 33 heavy (non-hydrogen) atoms. The van der Waals surface area contributed by atoms with Crippen molar-refractivity contribution in [2.24, 2.45) is 5.73 Å². The number of pyridine rings is 1. The first-order valence-corrected chi connectivity index (χ1v) is 11.0. The molecule has 0 spiro atoms. The minimum atomic E-state index is -0.747. The van der Waals surface area contributed by atoms with Gasteiger partial charge in [-0.3, -0.25) is 14.6 Å². The van der Waals surface area contributed by atoms with Gasteiger partial charge < -0.3 is 20.5 Å². The first-order valence-electron chi connectivity index (χ1n) is 9.76. The number of esters is 2. The smallest absolute Gasteiger partial charge is 0.341 e. The van der Waals surface area contributed by atoms with E-state index in [0.29, 0.717) is 27.2 Å². The van der Waals surface area contributed by atoms with Crippen LogP contribution in [0.15, 0.2) is 24.3 Å². The number of benzene rings is 1. The van der Waals surface area contributed by atoms with Crippen LogP contribution in [-0.4, -0.2) is 42.0 Å². The Morgan fingerprint density at radius 3 is 2.52 bits per heavy atom. The average molecular weight is 490 g/mol. The number of nitrogens with zero attached hydrogens (tertiary/aromatic N) is 1. The number of ether oxygens (including phenoxy) is 2. The van der Waals surface area contributed by atoms with E-state index in [9.17, 15) is 19.2 Å². The zero-order valence-corrected chi connectivity index (χ0v) is 19.6. The predicted molar refractivity (Wildman–Crippen MR) is 124 cm³/mol. The number of nitrogens with one attached hydrogen (secondary N) is 1. The molecule has 0 aliphatic rings. The zero-order valence-electron chi connectivity index (χ0n) is 18.0. The van der Waals surface area contributed by atoms with Crippen molar-refractivity contribution in [1.82, 2.24) is 4.98 Å². The normalized spacial score (nSPS) is 10.7. The predicted octanol–water partition coefficient (Wildman–Crippen LogP) is 3.64. The second-order valence-electron chi connectivity index (χ2n) is 6.93. The highest BCUT2D eigenvalue weighted by Crippen LogP contribution is 2.33. The molecular weight excluding hydrogens is 470 g/mol. The number of hydrogen-bond donors (Lipinski definition) is 2. The number of aromatic nitrogens is 1. The highest BCUT2D eigenvalue weighted by molar-refractivity contribution is 7.18. The number of anilines is 1. The van der Waals surface area contributed by atoms with Gasteiger partial charge in [-0.05, 0) is 50.6 Å². The molecule has 3 rings (SSSR count). The Balaban J connectivity index is 1.75. The summed E-state index contributed by atoms with van der Waals surface area (Å²) in [5.41, 5.74) is 6.96. The fourth-order valence-corrected chi connectivity index (χ4v) is 4.35. The second kappa shape index (κ2) is 9.97. The van der Waals surface area contributed by atoms with E-state index >= 15 is 0 Å². The van der Waals surface area contributed by atoms with Crippen molar-refractivity contribution >= 4 is 62.6 Å². The monoisotopic (exact) mass is 489 g/mol. The molecule has 0 unspecified atom stereocenters. The number of fused-ring (bicyclic) bond motifs is 1. The van der Waals surface area contributed by atoms with Crippen molar-refractivity contribution in [3.05, 3.63) is 56.5 Å². The highest BCUT2D eigenvalue weighted by atomic mass is 35.5. The molecule has 0 aliphatic carbocycles. The van der Waals surface area contributed by atoms with Gasteiger partial charge in [0.2, 0.25) is 0 Å². The number of nitrogens with two attached hydrogens (primary N) is 1. The van der Waals surface area contributed by atoms with Gasteiger partial charge in [0.25, 0.3) is 11.8 Å². The molecule has 3 N–H and O–H groups in total. The van der Waals surface area contributed by atoms with Crippen LogP contribution in [0.2, 0.25) is 5.02 Å². The summed E-state index contributed by atoms with van der Waals surface area (Å²) in [6.07, 6.45) is 0. The summed E-state index contributed by atoms with van der Waals surface area (Å²) in [4.78, 5) is 53.4. The molecule has 0 saturated carbocycles. The van der Waals surface area contributed by atoms with Crippen LogP contribution in [0.3, 0.4) is 0 Å². The van der Waals surface area contributed by atoms with Crippen molar-refractivity contribution < 1.29 is 28.7 Å². The van der Waals surface area contributed by atoms with E-state index in [0.717, 1.165) is 11.3 Å². The maximum atomic E-state index is 12.6. The number of rotatable bonds is 7. The lowest BCUT2D eigenvalue weighted by Crippen LogP contribution is -2.22. The molecule has 0 saturated heterocycles. The Morgan fingerprint density at radius 2 is 1.85 bits per heavy atom. The Kier molecular flexibility index (Phi) is 7.29. The highest BCUT2D eigenvalue weighted by Gasteiger charge is 2.26. The maximum Gasteiger partial charge on any atom is 0.341 e. The second-order valence-corrected chi connectivity index (χ2v) is 8.38. The van der Waals surface area contributed by atoms with Crippen LogP contribution >= 0.6 is 22.9 Å². The lowest BCUT2D eigenvalue weighted by molar-refractivity contribution is -0.119. The average Bonchev–Trinajstić information content (AvgIpc) is 3.08. The van der Waals surface area contributed by atoms with E-state index in [2.05, 4.69) is 10.3 Å². The number of carbonyl (C=O) groups is 4. The fraction of sp³-hybridized carbons (Fsp3) is 0.227. The maximum absolute atomic E-state index is 12.6. The molecule has 3 aromatic rings. The topological polar surface area (TPSA) is 138 Å². The van der Waals surface area contributed by atoms with Gasteiger partial charge in [-0.2, -0.15) is 0 Å². The SMILES string of the molecule is CCOC(=O)c1c(NC(=O)COC(=O)c2cc3cc(Cl)ccc3nc2C)sc(C(N)=O)c1C. The van der Waals surface area contributed by atoms with Crippen molar-refractivity contribution in [3.8, 4) is 0 Å². The quantitative estimate of drug-likeness (QED) is 0.483. The Hall–Kier alpha value is -3.50. The van der Waals surface area contributed by atoms with Crippen LogP contribution in [-0.2, 0) is 14.3 Å². The van der Waals surface area contributed by atoms with Gasteiger partial charge in [0.1, 0.15) is 5.00 Å². The summed E-state index contributed by atoms with van der Waals surface area (Å²) in [5.74, 6) is -2.90. The van der Waals surface area contributed by atoms with E-state index in [4.69, 9.17) is 26.8 Å². The van der Waals surface area contributed by atoms with Gasteiger partial charge in [-0.25, -0.2) is 9.59 Å². The van der Waals surface area contributed by atoms with E-state index in [1.165, 1.54) is 6.92 Å². The van der Waals surface area contributed by atoms with Gasteiger partial charge >= 0.3 is 11.9 Å². The van der Waals surface area contributed by atoms with Crippen LogP contribution in [0.1, 0.15) is 48.6 Å². The molecule has 172 valence electrons. The number of amides is 2. The molecule has 0 atom stereocenters. The molecule has 11 heteroatoms. The van der Waals surface area contributed by atoms with Crippen molar-refractivity contribution in [2.75, 3.05) is 18.5 Å². The first kappa shape index (κ1) is 24.1. The third-order valence-corrected chi connectivity index (χ3v) is 6.08. The van der Waals surface area contributed by atoms with E-state index < -0.39 is 30.4 Å². The lowest BCUT2D eigenvalue weighted by atomic mass is 10.1. The molecule has 2 amide bonds. The van der Waals surface area contributed by atoms with Gasteiger partial charge in [0.15, 0.2) is 6.61 Å². The lowest BCUT2D eigenvalue weighted by Gasteiger charge is -2.09. The fourth-order valence-electron chi connectivity index (χ4n) is 3.11. The van der Waals surface area contributed by atoms with Crippen LogP contribution in [0.4, 0.5) is 5.00 Å². The molecule has 0 bridgehead atoms. The Labute approximate surface area is 197 Å². The summed E-state index contributed by atoms with van der Waals surface area (Å²) in [6, 6.07) is 6.68. The van der Waals surface area contributed by atoms with E-state index in [1.807, 2.05) is 0 Å². The van der Waals surface area contributed by atoms with Crippen molar-refractivity contribution in [3.63, 3.8) is 0 Å². The molecular formula is C22H20ClN3O6S. The number of thiophene rings is 1. The van der Waals surface area contributed by atoms with Crippen LogP contribution in [0.25, 0.3) is 10.9 Å². The van der Waals surface area contributed by atoms with Gasteiger partial charge in [0.05, 0.1) is 33.8 Å². The largest absolute Gasteiger partial charge is 0.462 e.